The van der Waals surface area contributed by atoms with Crippen LogP contribution in [0.2, 0.25) is 0 Å². The number of fused-ring (bicyclic) bond motifs is 1. The lowest BCUT2D eigenvalue weighted by molar-refractivity contribution is -0.145. The molecule has 160 valence electrons. The number of carbonyl (C=O) groups is 2. The normalized spacial score (nSPS) is 35.3. The van der Waals surface area contributed by atoms with Gasteiger partial charge in [-0.2, -0.15) is 0 Å². The highest BCUT2D eigenvalue weighted by Gasteiger charge is 2.72. The lowest BCUT2D eigenvalue weighted by Crippen LogP contribution is -2.60. The molecule has 1 saturated carbocycles. The van der Waals surface area contributed by atoms with Crippen molar-refractivity contribution in [2.24, 2.45) is 5.92 Å². The van der Waals surface area contributed by atoms with Crippen LogP contribution in [0.15, 0.2) is 36.4 Å². The van der Waals surface area contributed by atoms with Crippen molar-refractivity contribution in [3.05, 3.63) is 47.5 Å². The average Bonchev–Trinajstić information content (AvgIpc) is 3.43. The molecule has 3 heterocycles. The Bertz CT molecular complexity index is 894. The summed E-state index contributed by atoms with van der Waals surface area (Å²) in [5.41, 5.74) is 0.950. The number of amides is 2. The molecule has 2 bridgehead atoms. The zero-order valence-electron chi connectivity index (χ0n) is 18.4. The van der Waals surface area contributed by atoms with E-state index in [2.05, 4.69) is 42.6 Å². The smallest absolute Gasteiger partial charge is 0.246 e. The molecule has 4 aliphatic rings. The third-order valence-corrected chi connectivity index (χ3v) is 7.41. The summed E-state index contributed by atoms with van der Waals surface area (Å²) in [5, 5.41) is 3.25. The molecule has 5 heteroatoms. The van der Waals surface area contributed by atoms with Gasteiger partial charge in [-0.15, -0.1) is 0 Å². The maximum atomic E-state index is 13.9. The van der Waals surface area contributed by atoms with E-state index >= 15 is 0 Å². The second-order valence-electron chi connectivity index (χ2n) is 10.5. The molecule has 0 aromatic heterocycles. The maximum Gasteiger partial charge on any atom is 0.246 e. The van der Waals surface area contributed by atoms with Crippen LogP contribution in [-0.2, 0) is 14.3 Å². The Hall–Kier alpha value is -2.14. The summed E-state index contributed by atoms with van der Waals surface area (Å²) < 4.78 is 6.54. The van der Waals surface area contributed by atoms with Gasteiger partial charge in [-0.25, -0.2) is 0 Å². The SMILES string of the molecule is Cc1ccc([C@H]2[C@H]3C(=O)N(C(C)(C)C)[C@H](C(=O)NC4CCCC4)[C@@]34C=C[C@H]2O4)cc1. The quantitative estimate of drug-likeness (QED) is 0.779. The Labute approximate surface area is 178 Å². The standard InChI is InChI=1S/C25H32N2O3/c1-15-9-11-16(12-10-15)19-18-13-14-25(30-18)20(19)23(29)27(24(2,3)4)21(25)22(28)26-17-7-5-6-8-17/h9-14,17-21H,5-8H2,1-4H3,(H,26,28)/t18-,19-,20+,21-,25-/m1/s1. The predicted molar refractivity (Wildman–Crippen MR) is 115 cm³/mol. The fourth-order valence-electron chi connectivity index (χ4n) is 6.11. The van der Waals surface area contributed by atoms with Gasteiger partial charge in [0, 0.05) is 17.5 Å². The molecule has 30 heavy (non-hydrogen) atoms. The first-order chi connectivity index (χ1) is 14.2. The monoisotopic (exact) mass is 408 g/mol. The zero-order valence-corrected chi connectivity index (χ0v) is 18.4. The van der Waals surface area contributed by atoms with Gasteiger partial charge in [0.2, 0.25) is 11.8 Å². The van der Waals surface area contributed by atoms with Gasteiger partial charge in [-0.3, -0.25) is 9.59 Å². The Balaban J connectivity index is 1.56. The van der Waals surface area contributed by atoms with E-state index in [-0.39, 0.29) is 35.8 Å². The lowest BCUT2D eigenvalue weighted by atomic mass is 9.72. The summed E-state index contributed by atoms with van der Waals surface area (Å²) in [5.74, 6) is -0.458. The number of carbonyl (C=O) groups excluding carboxylic acids is 2. The van der Waals surface area contributed by atoms with Gasteiger partial charge in [-0.05, 0) is 46.1 Å². The van der Waals surface area contributed by atoms with Crippen LogP contribution in [0.1, 0.15) is 63.5 Å². The van der Waals surface area contributed by atoms with E-state index in [0.717, 1.165) is 31.2 Å². The zero-order chi connectivity index (χ0) is 21.3. The van der Waals surface area contributed by atoms with Gasteiger partial charge in [0.1, 0.15) is 11.6 Å². The summed E-state index contributed by atoms with van der Waals surface area (Å²) in [4.78, 5) is 29.3. The summed E-state index contributed by atoms with van der Waals surface area (Å²) in [6.45, 7) is 8.09. The van der Waals surface area contributed by atoms with Crippen molar-refractivity contribution >= 4 is 11.8 Å². The van der Waals surface area contributed by atoms with Gasteiger partial charge in [0.05, 0.1) is 12.0 Å². The third-order valence-electron chi connectivity index (χ3n) is 7.41. The van der Waals surface area contributed by atoms with Crippen molar-refractivity contribution in [2.45, 2.75) is 88.6 Å². The fraction of sp³-hybridized carbons (Fsp3) is 0.600. The van der Waals surface area contributed by atoms with Gasteiger partial charge >= 0.3 is 0 Å². The Kier molecular flexibility index (Phi) is 4.41. The van der Waals surface area contributed by atoms with Crippen LogP contribution in [0, 0.1) is 12.8 Å². The summed E-state index contributed by atoms with van der Waals surface area (Å²) >= 11 is 0. The molecule has 1 aromatic carbocycles. The van der Waals surface area contributed by atoms with Crippen molar-refractivity contribution in [1.29, 1.82) is 0 Å². The topological polar surface area (TPSA) is 58.6 Å². The predicted octanol–water partition coefficient (Wildman–Crippen LogP) is 3.47. The molecule has 5 atom stereocenters. The number of nitrogens with zero attached hydrogens (tertiary/aromatic N) is 1. The number of rotatable bonds is 3. The molecule has 5 nitrogen and oxygen atoms in total. The van der Waals surface area contributed by atoms with Crippen LogP contribution in [-0.4, -0.2) is 46.0 Å². The minimum Gasteiger partial charge on any atom is -0.359 e. The van der Waals surface area contributed by atoms with Crippen molar-refractivity contribution < 1.29 is 14.3 Å². The van der Waals surface area contributed by atoms with Crippen LogP contribution in [0.5, 0.6) is 0 Å². The molecule has 3 fully saturated rings. The minimum atomic E-state index is -0.882. The molecule has 1 aliphatic carbocycles. The van der Waals surface area contributed by atoms with Crippen molar-refractivity contribution in [3.8, 4) is 0 Å². The Morgan fingerprint density at radius 1 is 1.17 bits per heavy atom. The highest BCUT2D eigenvalue weighted by molar-refractivity contribution is 5.97. The second kappa shape index (κ2) is 6.68. The molecule has 1 spiro atoms. The Morgan fingerprint density at radius 3 is 2.47 bits per heavy atom. The Morgan fingerprint density at radius 2 is 1.83 bits per heavy atom. The molecule has 1 aromatic rings. The molecule has 0 radical (unpaired) electrons. The summed E-state index contributed by atoms with van der Waals surface area (Å²) in [6, 6.07) is 7.96. The van der Waals surface area contributed by atoms with Gasteiger partial charge in [-0.1, -0.05) is 54.8 Å². The maximum absolute atomic E-state index is 13.9. The van der Waals surface area contributed by atoms with Crippen LogP contribution in [0.25, 0.3) is 0 Å². The number of hydrogen-bond acceptors (Lipinski definition) is 3. The first-order valence-corrected chi connectivity index (χ1v) is 11.3. The largest absolute Gasteiger partial charge is 0.359 e. The van der Waals surface area contributed by atoms with Crippen LogP contribution < -0.4 is 5.32 Å². The minimum absolute atomic E-state index is 0.0338. The highest BCUT2D eigenvalue weighted by Crippen LogP contribution is 2.59. The second-order valence-corrected chi connectivity index (χ2v) is 10.5. The van der Waals surface area contributed by atoms with Crippen molar-refractivity contribution in [3.63, 3.8) is 0 Å². The number of hydrogen-bond donors (Lipinski definition) is 1. The first kappa shape index (κ1) is 19.8. The van der Waals surface area contributed by atoms with Crippen molar-refractivity contribution in [2.75, 3.05) is 0 Å². The van der Waals surface area contributed by atoms with E-state index in [1.54, 1.807) is 4.90 Å². The van der Waals surface area contributed by atoms with Crippen molar-refractivity contribution in [1.82, 2.24) is 10.2 Å². The molecule has 1 N–H and O–H groups in total. The lowest BCUT2D eigenvalue weighted by Gasteiger charge is -2.40. The van der Waals surface area contributed by atoms with Gasteiger partial charge in [0.15, 0.2) is 0 Å². The molecule has 3 aliphatic heterocycles. The van der Waals surface area contributed by atoms with Crippen LogP contribution in [0.3, 0.4) is 0 Å². The van der Waals surface area contributed by atoms with Gasteiger partial charge in [0.25, 0.3) is 0 Å². The third kappa shape index (κ3) is 2.78. The van der Waals surface area contributed by atoms with Crippen LogP contribution in [0.4, 0.5) is 0 Å². The molecule has 2 saturated heterocycles. The van der Waals surface area contributed by atoms with E-state index in [9.17, 15) is 9.59 Å². The van der Waals surface area contributed by atoms with E-state index in [1.807, 2.05) is 26.8 Å². The number of likely N-dealkylation sites (tertiary alicyclic amines) is 1. The van der Waals surface area contributed by atoms with E-state index in [4.69, 9.17) is 4.74 Å². The molecule has 0 unspecified atom stereocenters. The number of benzene rings is 1. The van der Waals surface area contributed by atoms with E-state index in [0.29, 0.717) is 0 Å². The molecular formula is C25H32N2O3. The van der Waals surface area contributed by atoms with Gasteiger partial charge < -0.3 is 15.0 Å². The number of aryl methyl sites for hydroxylation is 1. The molecular weight excluding hydrogens is 376 g/mol. The summed E-state index contributed by atoms with van der Waals surface area (Å²) in [6.07, 6.45) is 8.25. The molecule has 2 amide bonds. The fourth-order valence-corrected chi connectivity index (χ4v) is 6.11. The highest BCUT2D eigenvalue weighted by atomic mass is 16.5. The van der Waals surface area contributed by atoms with E-state index < -0.39 is 17.2 Å². The number of nitrogens with one attached hydrogen (secondary N) is 1. The van der Waals surface area contributed by atoms with E-state index in [1.165, 1.54) is 5.56 Å². The first-order valence-electron chi connectivity index (χ1n) is 11.3. The molecule has 5 rings (SSSR count). The van der Waals surface area contributed by atoms with Crippen LogP contribution >= 0.6 is 0 Å². The number of ether oxygens (including phenoxy) is 1. The average molecular weight is 409 g/mol. The summed E-state index contributed by atoms with van der Waals surface area (Å²) in [7, 11) is 0.